The highest BCUT2D eigenvalue weighted by Crippen LogP contribution is 2.36. The monoisotopic (exact) mass is 560 g/mol. The van der Waals surface area contributed by atoms with E-state index >= 15 is 0 Å². The molecular formula is C23H25ClF3N4O3PS. The number of benzene rings is 2. The van der Waals surface area contributed by atoms with Gasteiger partial charge in [-0.1, -0.05) is 23.7 Å². The number of alkyl halides is 3. The maximum Gasteiger partial charge on any atom is 0.573 e. The number of hydrogen-bond donors (Lipinski definition) is 0. The molecule has 1 amide bonds. The average molecular weight is 561 g/mol. The van der Waals surface area contributed by atoms with E-state index in [1.54, 1.807) is 13.2 Å². The summed E-state index contributed by atoms with van der Waals surface area (Å²) in [6.45, 7) is 4.60. The molecule has 7 nitrogen and oxygen atoms in total. The lowest BCUT2D eigenvalue weighted by atomic mass is 9.94. The molecule has 36 heavy (non-hydrogen) atoms. The van der Waals surface area contributed by atoms with Crippen molar-refractivity contribution in [1.29, 1.82) is 0 Å². The van der Waals surface area contributed by atoms with Crippen molar-refractivity contribution in [3.8, 4) is 5.75 Å². The molecule has 13 heteroatoms. The Labute approximate surface area is 217 Å². The summed E-state index contributed by atoms with van der Waals surface area (Å²) >= 11 is 5.17. The van der Waals surface area contributed by atoms with E-state index in [9.17, 15) is 22.5 Å². The summed E-state index contributed by atoms with van der Waals surface area (Å²) in [5.74, 6) is -0.498. The van der Waals surface area contributed by atoms with Crippen molar-refractivity contribution in [3.63, 3.8) is 0 Å². The Hall–Kier alpha value is -2.04. The number of carbonyl (C=O) groups is 1. The quantitative estimate of drug-likeness (QED) is 0.402. The number of ether oxygens (including phenoxy) is 1. The maximum absolute atomic E-state index is 12.9. The Morgan fingerprint density at radius 2 is 1.83 bits per heavy atom. The van der Waals surface area contributed by atoms with Gasteiger partial charge >= 0.3 is 6.36 Å². The topological polar surface area (TPSA) is 71.4 Å². The van der Waals surface area contributed by atoms with Crippen LogP contribution in [0.2, 0.25) is 5.02 Å². The molecule has 0 aromatic heterocycles. The standard InChI is InChI=1S/C23H25ClF3N4O3PS/c1-14-11-16-12-20(34-23(25,26)27)19(24)13-18(16)21(28-31(14)22(32)35)15-3-5-17(6-4-15)29-7-9-30(10-8-29)36(2)33/h3-6,12-14H,7-11,35H2,1-2H3. The van der Waals surface area contributed by atoms with E-state index < -0.39 is 29.5 Å². The van der Waals surface area contributed by atoms with Gasteiger partial charge in [-0.25, -0.2) is 5.01 Å². The lowest BCUT2D eigenvalue weighted by molar-refractivity contribution is -0.274. The Kier molecular flexibility index (Phi) is 8.07. The molecule has 0 aliphatic carbocycles. The van der Waals surface area contributed by atoms with Crippen LogP contribution in [0, 0.1) is 0 Å². The molecule has 0 saturated carbocycles. The number of hydrazone groups is 1. The third-order valence-electron chi connectivity index (χ3n) is 6.11. The van der Waals surface area contributed by atoms with Crippen molar-refractivity contribution in [2.75, 3.05) is 37.3 Å². The minimum atomic E-state index is -4.89. The van der Waals surface area contributed by atoms with Gasteiger partial charge in [-0.3, -0.25) is 4.79 Å². The summed E-state index contributed by atoms with van der Waals surface area (Å²) in [6.07, 6.45) is -2.96. The largest absolute Gasteiger partial charge is 0.598 e. The predicted molar refractivity (Wildman–Crippen MR) is 138 cm³/mol. The first kappa shape index (κ1) is 27.0. The van der Waals surface area contributed by atoms with Gasteiger partial charge in [0.1, 0.15) is 12.0 Å². The van der Waals surface area contributed by atoms with Crippen LogP contribution in [0.25, 0.3) is 0 Å². The number of piperazine rings is 1. The second-order valence-corrected chi connectivity index (χ2v) is 10.8. The van der Waals surface area contributed by atoms with Crippen molar-refractivity contribution in [1.82, 2.24) is 9.31 Å². The third kappa shape index (κ3) is 6.08. The van der Waals surface area contributed by atoms with Crippen LogP contribution in [0.5, 0.6) is 5.75 Å². The molecule has 0 radical (unpaired) electrons. The SMILES string of the molecule is CC1Cc2cc(OC(F)(F)F)c(Cl)cc2C(c2ccc(N3CCN([S+](C)[O-])CC3)cc2)=NN1C(=O)P. The number of anilines is 1. The zero-order valence-electron chi connectivity index (χ0n) is 19.6. The van der Waals surface area contributed by atoms with Gasteiger partial charge in [0.25, 0.3) is 5.65 Å². The van der Waals surface area contributed by atoms with Crippen molar-refractivity contribution < 1.29 is 27.3 Å². The molecule has 2 aliphatic rings. The Morgan fingerprint density at radius 1 is 1.19 bits per heavy atom. The molecule has 4 rings (SSSR count). The molecule has 2 aromatic carbocycles. The number of amides is 1. The number of nitrogens with zero attached hydrogens (tertiary/aromatic N) is 4. The van der Waals surface area contributed by atoms with Crippen LogP contribution in [0.4, 0.5) is 23.7 Å². The molecule has 194 valence electrons. The highest BCUT2D eigenvalue weighted by Gasteiger charge is 2.34. The number of rotatable bonds is 4. The van der Waals surface area contributed by atoms with Crippen LogP contribution in [-0.4, -0.2) is 70.1 Å². The fourth-order valence-corrected chi connectivity index (χ4v) is 5.56. The molecule has 1 saturated heterocycles. The summed E-state index contributed by atoms with van der Waals surface area (Å²) < 4.78 is 56.4. The summed E-state index contributed by atoms with van der Waals surface area (Å²) in [5, 5.41) is 5.68. The molecule has 1 fully saturated rings. The van der Waals surface area contributed by atoms with Gasteiger partial charge in [0.2, 0.25) is 0 Å². The van der Waals surface area contributed by atoms with E-state index in [-0.39, 0.29) is 17.1 Å². The van der Waals surface area contributed by atoms with Crippen molar-refractivity contribution >= 4 is 49.2 Å². The second-order valence-electron chi connectivity index (χ2n) is 8.56. The Bertz CT molecular complexity index is 1160. The van der Waals surface area contributed by atoms with Crippen LogP contribution in [-0.2, 0) is 17.8 Å². The third-order valence-corrected chi connectivity index (χ3v) is 7.77. The van der Waals surface area contributed by atoms with Crippen LogP contribution in [0.1, 0.15) is 23.6 Å². The van der Waals surface area contributed by atoms with E-state index in [4.69, 9.17) is 11.6 Å². The van der Waals surface area contributed by atoms with Crippen molar-refractivity contribution in [2.45, 2.75) is 25.7 Å². The molecule has 0 N–H and O–H groups in total. The number of carbonyl (C=O) groups excluding carboxylic acids is 1. The maximum atomic E-state index is 12.9. The molecular weight excluding hydrogens is 536 g/mol. The van der Waals surface area contributed by atoms with Gasteiger partial charge in [-0.15, -0.1) is 17.5 Å². The summed E-state index contributed by atoms with van der Waals surface area (Å²) in [7, 11) is 2.09. The van der Waals surface area contributed by atoms with Crippen molar-refractivity contribution in [3.05, 3.63) is 58.1 Å². The van der Waals surface area contributed by atoms with Gasteiger partial charge in [0, 0.05) is 41.3 Å². The summed E-state index contributed by atoms with van der Waals surface area (Å²) in [6, 6.07) is 9.83. The van der Waals surface area contributed by atoms with Crippen LogP contribution in [0.3, 0.4) is 0 Å². The van der Waals surface area contributed by atoms with Crippen LogP contribution < -0.4 is 9.64 Å². The number of hydrogen-bond acceptors (Lipinski definition) is 6. The first-order valence-corrected chi connectivity index (χ1v) is 13.6. The normalized spacial score (nSPS) is 19.9. The molecule has 0 spiro atoms. The first-order chi connectivity index (χ1) is 16.9. The first-order valence-electron chi connectivity index (χ1n) is 11.1. The van der Waals surface area contributed by atoms with E-state index in [1.165, 1.54) is 17.1 Å². The lowest BCUT2D eigenvalue weighted by Gasteiger charge is -2.34. The Balaban J connectivity index is 1.69. The fraction of sp³-hybridized carbons (Fsp3) is 0.391. The summed E-state index contributed by atoms with van der Waals surface area (Å²) in [4.78, 5) is 14.5. The molecule has 3 unspecified atom stereocenters. The molecule has 2 heterocycles. The second kappa shape index (κ2) is 10.8. The molecule has 2 aromatic rings. The minimum Gasteiger partial charge on any atom is -0.598 e. The molecule has 3 atom stereocenters. The summed E-state index contributed by atoms with van der Waals surface area (Å²) in [5.41, 5.74) is 2.78. The van der Waals surface area contributed by atoms with Gasteiger partial charge in [-0.2, -0.15) is 5.10 Å². The van der Waals surface area contributed by atoms with Gasteiger partial charge in [0.15, 0.2) is 0 Å². The van der Waals surface area contributed by atoms with Crippen molar-refractivity contribution in [2.24, 2.45) is 5.10 Å². The number of halogens is 4. The number of fused-ring (bicyclic) bond motifs is 1. The zero-order valence-corrected chi connectivity index (χ0v) is 22.3. The van der Waals surface area contributed by atoms with Gasteiger partial charge in [-0.05, 0) is 52.4 Å². The predicted octanol–water partition coefficient (Wildman–Crippen LogP) is 4.65. The minimum absolute atomic E-state index is 0.208. The van der Waals surface area contributed by atoms with E-state index in [0.717, 1.165) is 18.8 Å². The fourth-order valence-electron chi connectivity index (χ4n) is 4.37. The van der Waals surface area contributed by atoms with E-state index in [2.05, 4.69) is 24.0 Å². The smallest absolute Gasteiger partial charge is 0.573 e. The van der Waals surface area contributed by atoms with Crippen LogP contribution in [0.15, 0.2) is 41.5 Å². The van der Waals surface area contributed by atoms with Gasteiger partial charge < -0.3 is 14.2 Å². The van der Waals surface area contributed by atoms with E-state index in [1.807, 2.05) is 28.6 Å². The zero-order chi connectivity index (χ0) is 26.2. The van der Waals surface area contributed by atoms with E-state index in [0.29, 0.717) is 35.5 Å². The Morgan fingerprint density at radius 3 is 2.39 bits per heavy atom. The highest BCUT2D eigenvalue weighted by atomic mass is 35.5. The lowest BCUT2D eigenvalue weighted by Crippen LogP contribution is -2.48. The van der Waals surface area contributed by atoms with Gasteiger partial charge in [0.05, 0.1) is 29.9 Å². The average Bonchev–Trinajstić information content (AvgIpc) is 2.94. The molecule has 2 aliphatic heterocycles. The highest BCUT2D eigenvalue weighted by molar-refractivity contribution is 7.88. The molecule has 0 bridgehead atoms. The van der Waals surface area contributed by atoms with Crippen LogP contribution >= 0.6 is 20.8 Å².